The van der Waals surface area contributed by atoms with E-state index < -0.39 is 0 Å². The summed E-state index contributed by atoms with van der Waals surface area (Å²) in [5, 5.41) is 7.01. The fourth-order valence-electron chi connectivity index (χ4n) is 2.89. The van der Waals surface area contributed by atoms with Crippen LogP contribution in [0.1, 0.15) is 28.4 Å². The molecule has 30 heavy (non-hydrogen) atoms. The zero-order chi connectivity index (χ0) is 21.5. The van der Waals surface area contributed by atoms with E-state index in [2.05, 4.69) is 26.3 Å². The predicted octanol–water partition coefficient (Wildman–Crippen LogP) is 5.02. The number of methoxy groups -OCH3 is 1. The monoisotopic (exact) mass is 469 g/mol. The van der Waals surface area contributed by atoms with Gasteiger partial charge in [0.2, 0.25) is 0 Å². The molecule has 3 rings (SSSR count). The summed E-state index contributed by atoms with van der Waals surface area (Å²) < 4.78 is 13.7. The van der Waals surface area contributed by atoms with Crippen molar-refractivity contribution in [3.05, 3.63) is 75.9 Å². The zero-order valence-corrected chi connectivity index (χ0v) is 18.7. The highest BCUT2D eigenvalue weighted by Gasteiger charge is 2.12. The molecular formula is C23H24BrN3O3. The van der Waals surface area contributed by atoms with Gasteiger partial charge in [-0.3, -0.25) is 9.48 Å². The van der Waals surface area contributed by atoms with Crippen LogP contribution in [0.25, 0.3) is 12.2 Å². The van der Waals surface area contributed by atoms with Crippen LogP contribution in [-0.4, -0.2) is 35.5 Å². The number of ether oxygens (including phenoxy) is 2. The molecule has 0 bridgehead atoms. The van der Waals surface area contributed by atoms with E-state index in [-0.39, 0.29) is 12.0 Å². The molecule has 0 saturated carbocycles. The number of aryl methyl sites for hydroxylation is 1. The van der Waals surface area contributed by atoms with Gasteiger partial charge in [0.15, 0.2) is 5.82 Å². The molecule has 0 aliphatic rings. The van der Waals surface area contributed by atoms with Crippen molar-refractivity contribution in [3.63, 3.8) is 0 Å². The van der Waals surface area contributed by atoms with E-state index in [1.807, 2.05) is 55.5 Å². The van der Waals surface area contributed by atoms with Crippen LogP contribution in [-0.2, 0) is 11.8 Å². The fourth-order valence-corrected chi connectivity index (χ4v) is 3.31. The lowest BCUT2D eigenvalue weighted by molar-refractivity contribution is 0.0917. The van der Waals surface area contributed by atoms with Crippen molar-refractivity contribution in [2.75, 3.05) is 19.0 Å². The maximum atomic E-state index is 12.8. The Bertz CT molecular complexity index is 1050. The molecule has 0 unspecified atom stereocenters. The summed E-state index contributed by atoms with van der Waals surface area (Å²) in [5.74, 6) is 0.838. The summed E-state index contributed by atoms with van der Waals surface area (Å²) in [4.78, 5) is 12.8. The van der Waals surface area contributed by atoms with Crippen molar-refractivity contribution in [2.24, 2.45) is 7.05 Å². The number of benzene rings is 2. The number of amides is 1. The number of aromatic nitrogens is 2. The summed E-state index contributed by atoms with van der Waals surface area (Å²) in [5.41, 5.74) is 2.38. The Morgan fingerprint density at radius 1 is 1.20 bits per heavy atom. The van der Waals surface area contributed by atoms with Crippen LogP contribution >= 0.6 is 15.9 Å². The Morgan fingerprint density at radius 3 is 2.70 bits per heavy atom. The molecule has 0 radical (unpaired) electrons. The van der Waals surface area contributed by atoms with Crippen LogP contribution in [0, 0.1) is 0 Å². The summed E-state index contributed by atoms with van der Waals surface area (Å²) in [6.07, 6.45) is 5.56. The third kappa shape index (κ3) is 6.30. The minimum atomic E-state index is -0.254. The van der Waals surface area contributed by atoms with Gasteiger partial charge in [-0.25, -0.2) is 0 Å². The Hall–Kier alpha value is -2.90. The van der Waals surface area contributed by atoms with Crippen molar-refractivity contribution in [2.45, 2.75) is 13.0 Å². The second kappa shape index (κ2) is 10.2. The maximum absolute atomic E-state index is 12.8. The van der Waals surface area contributed by atoms with Crippen molar-refractivity contribution in [3.8, 4) is 5.75 Å². The third-order valence-electron chi connectivity index (χ3n) is 4.20. The van der Waals surface area contributed by atoms with Gasteiger partial charge in [-0.15, -0.1) is 0 Å². The number of nitrogens with zero attached hydrogens (tertiary/aromatic N) is 2. The van der Waals surface area contributed by atoms with Gasteiger partial charge < -0.3 is 14.8 Å². The molecule has 1 heterocycles. The highest BCUT2D eigenvalue weighted by molar-refractivity contribution is 9.10. The average molecular weight is 470 g/mol. The predicted molar refractivity (Wildman–Crippen MR) is 123 cm³/mol. The first kappa shape index (κ1) is 21.8. The van der Waals surface area contributed by atoms with Crippen LogP contribution in [0.3, 0.4) is 0 Å². The van der Waals surface area contributed by atoms with Gasteiger partial charge in [0.05, 0.1) is 6.61 Å². The highest BCUT2D eigenvalue weighted by atomic mass is 79.9. The minimum Gasteiger partial charge on any atom is -0.488 e. The molecule has 0 saturated heterocycles. The smallest absolute Gasteiger partial charge is 0.257 e. The average Bonchev–Trinajstić information content (AvgIpc) is 3.11. The van der Waals surface area contributed by atoms with E-state index in [9.17, 15) is 4.79 Å². The number of halogens is 1. The molecule has 156 valence electrons. The molecule has 6 nitrogen and oxygen atoms in total. The van der Waals surface area contributed by atoms with E-state index in [0.29, 0.717) is 23.7 Å². The van der Waals surface area contributed by atoms with E-state index in [4.69, 9.17) is 9.47 Å². The van der Waals surface area contributed by atoms with Gasteiger partial charge in [-0.1, -0.05) is 40.2 Å². The topological polar surface area (TPSA) is 65.4 Å². The van der Waals surface area contributed by atoms with Crippen molar-refractivity contribution >= 4 is 39.8 Å². The summed E-state index contributed by atoms with van der Waals surface area (Å²) >= 11 is 3.48. The first-order chi connectivity index (χ1) is 14.4. The largest absolute Gasteiger partial charge is 0.488 e. The molecule has 7 heteroatoms. The van der Waals surface area contributed by atoms with E-state index >= 15 is 0 Å². The molecule has 1 atom stereocenters. The molecule has 1 aromatic heterocycles. The molecule has 0 aliphatic heterocycles. The Kier molecular flexibility index (Phi) is 7.43. The number of carbonyl (C=O) groups excluding carboxylic acids is 1. The molecule has 1 N–H and O–H groups in total. The van der Waals surface area contributed by atoms with Gasteiger partial charge in [0.1, 0.15) is 11.9 Å². The SMILES string of the molecule is COC[C@H](C)Oc1cc(/C=C/c2cccc(Br)c2)cc(C(=O)Nc2ccn(C)n2)c1. The normalized spacial score (nSPS) is 12.1. The van der Waals surface area contributed by atoms with Crippen molar-refractivity contribution in [1.29, 1.82) is 0 Å². The molecule has 2 aromatic carbocycles. The number of nitrogens with one attached hydrogen (secondary N) is 1. The second-order valence-corrected chi connectivity index (χ2v) is 7.81. The van der Waals surface area contributed by atoms with Gasteiger partial charge in [0.25, 0.3) is 5.91 Å². The molecule has 0 spiro atoms. The van der Waals surface area contributed by atoms with Crippen molar-refractivity contribution in [1.82, 2.24) is 9.78 Å². The van der Waals surface area contributed by atoms with Gasteiger partial charge in [-0.2, -0.15) is 5.10 Å². The molecule has 1 amide bonds. The van der Waals surface area contributed by atoms with Gasteiger partial charge in [0, 0.05) is 36.5 Å². The number of carbonyl (C=O) groups is 1. The standard InChI is InChI=1S/C23H24BrN3O3/c1-16(15-29-3)30-21-13-18(8-7-17-5-4-6-20(24)12-17)11-19(14-21)23(28)25-22-9-10-27(2)26-22/h4-14,16H,15H2,1-3H3,(H,25,26,28)/b8-7+/t16-/m0/s1. The molecule has 3 aromatic rings. The minimum absolute atomic E-state index is 0.147. The van der Waals surface area contributed by atoms with E-state index in [1.54, 1.807) is 37.2 Å². The fraction of sp³-hybridized carbons (Fsp3) is 0.217. The van der Waals surface area contributed by atoms with Crippen LogP contribution < -0.4 is 10.1 Å². The van der Waals surface area contributed by atoms with Crippen LogP contribution in [0.5, 0.6) is 5.75 Å². The second-order valence-electron chi connectivity index (χ2n) is 6.89. The zero-order valence-electron chi connectivity index (χ0n) is 17.1. The Labute approximate surface area is 184 Å². The van der Waals surface area contributed by atoms with Crippen LogP contribution in [0.15, 0.2) is 59.2 Å². The molecular weight excluding hydrogens is 446 g/mol. The number of rotatable bonds is 8. The number of anilines is 1. The highest BCUT2D eigenvalue weighted by Crippen LogP contribution is 2.22. The van der Waals surface area contributed by atoms with E-state index in [0.717, 1.165) is 15.6 Å². The Balaban J connectivity index is 1.88. The Morgan fingerprint density at radius 2 is 2.00 bits per heavy atom. The van der Waals surface area contributed by atoms with Gasteiger partial charge in [-0.05, 0) is 48.4 Å². The summed E-state index contributed by atoms with van der Waals surface area (Å²) in [7, 11) is 3.43. The molecule has 0 fully saturated rings. The quantitative estimate of drug-likeness (QED) is 0.470. The molecule has 0 aliphatic carbocycles. The third-order valence-corrected chi connectivity index (χ3v) is 4.70. The summed E-state index contributed by atoms with van der Waals surface area (Å²) in [6, 6.07) is 15.2. The maximum Gasteiger partial charge on any atom is 0.257 e. The first-order valence-electron chi connectivity index (χ1n) is 9.48. The van der Waals surface area contributed by atoms with Gasteiger partial charge >= 0.3 is 0 Å². The van der Waals surface area contributed by atoms with Crippen molar-refractivity contribution < 1.29 is 14.3 Å². The van der Waals surface area contributed by atoms with Crippen LogP contribution in [0.4, 0.5) is 5.82 Å². The lowest BCUT2D eigenvalue weighted by Gasteiger charge is -2.15. The van der Waals surface area contributed by atoms with Crippen LogP contribution in [0.2, 0.25) is 0 Å². The number of hydrogen-bond acceptors (Lipinski definition) is 4. The summed E-state index contributed by atoms with van der Waals surface area (Å²) in [6.45, 7) is 2.37. The number of hydrogen-bond donors (Lipinski definition) is 1. The lowest BCUT2D eigenvalue weighted by Crippen LogP contribution is -2.19. The van der Waals surface area contributed by atoms with E-state index in [1.165, 1.54) is 0 Å². The lowest BCUT2D eigenvalue weighted by atomic mass is 10.1. The first-order valence-corrected chi connectivity index (χ1v) is 10.3.